The van der Waals surface area contributed by atoms with E-state index in [9.17, 15) is 0 Å². The Hall–Kier alpha value is -0.570. The molecule has 0 atom stereocenters. The van der Waals surface area contributed by atoms with Gasteiger partial charge in [-0.2, -0.15) is 0 Å². The number of benzene rings is 1. The number of rotatable bonds is 4. The minimum atomic E-state index is -0.0847. The van der Waals surface area contributed by atoms with E-state index in [0.717, 1.165) is 23.4 Å². The van der Waals surface area contributed by atoms with Gasteiger partial charge in [0.1, 0.15) is 0 Å². The molecule has 1 fully saturated rings. The van der Waals surface area contributed by atoms with Gasteiger partial charge in [-0.15, -0.1) is 0 Å². The Balaban J connectivity index is 1.79. The van der Waals surface area contributed by atoms with Gasteiger partial charge in [-0.25, -0.2) is 0 Å². The fraction of sp³-hybridized carbons (Fsp3) is 0.538. The molecule has 0 spiro atoms. The fourth-order valence-electron chi connectivity index (χ4n) is 2.22. The highest BCUT2D eigenvalue weighted by molar-refractivity contribution is 6.30. The normalized spacial score (nSPS) is 18.9. The highest BCUT2D eigenvalue weighted by Gasteiger charge is 2.29. The molecule has 1 aliphatic carbocycles. The molecule has 0 heterocycles. The molecule has 2 nitrogen and oxygen atoms in total. The van der Waals surface area contributed by atoms with E-state index >= 15 is 0 Å². The Bertz CT molecular complexity index is 348. The molecule has 0 aliphatic heterocycles. The first-order valence-corrected chi connectivity index (χ1v) is 6.17. The molecule has 0 unspecified atom stereocenters. The van der Waals surface area contributed by atoms with Crippen molar-refractivity contribution in [2.24, 2.45) is 5.73 Å². The van der Waals surface area contributed by atoms with Gasteiger partial charge >= 0.3 is 0 Å². The van der Waals surface area contributed by atoms with Gasteiger partial charge in [0.05, 0.1) is 13.2 Å². The summed E-state index contributed by atoms with van der Waals surface area (Å²) in [6.45, 7) is 1.25. The zero-order valence-corrected chi connectivity index (χ0v) is 10.2. The Morgan fingerprint density at radius 1 is 1.31 bits per heavy atom. The summed E-state index contributed by atoms with van der Waals surface area (Å²) < 4.78 is 5.68. The van der Waals surface area contributed by atoms with E-state index in [4.69, 9.17) is 22.1 Å². The molecular formula is C13H18ClNO. The van der Waals surface area contributed by atoms with Gasteiger partial charge in [0.25, 0.3) is 0 Å². The number of hydrogen-bond donors (Lipinski definition) is 1. The number of nitrogens with two attached hydrogens (primary N) is 1. The summed E-state index contributed by atoms with van der Waals surface area (Å²) >= 11 is 5.90. The number of halogens is 1. The lowest BCUT2D eigenvalue weighted by atomic mass is 10.0. The van der Waals surface area contributed by atoms with E-state index in [1.165, 1.54) is 12.8 Å². The third-order valence-corrected chi connectivity index (χ3v) is 3.38. The van der Waals surface area contributed by atoms with Crippen molar-refractivity contribution >= 4 is 11.6 Å². The van der Waals surface area contributed by atoms with Crippen LogP contribution >= 0.6 is 11.6 Å². The third-order valence-electron chi connectivity index (χ3n) is 3.15. The molecule has 16 heavy (non-hydrogen) atoms. The predicted molar refractivity (Wildman–Crippen MR) is 66.5 cm³/mol. The fourth-order valence-corrected chi connectivity index (χ4v) is 2.44. The minimum absolute atomic E-state index is 0.0847. The molecule has 1 aromatic rings. The Kier molecular flexibility index (Phi) is 3.85. The largest absolute Gasteiger partial charge is 0.375 e. The molecule has 1 aliphatic rings. The first-order chi connectivity index (χ1) is 7.68. The van der Waals surface area contributed by atoms with Crippen LogP contribution in [0.3, 0.4) is 0 Å². The van der Waals surface area contributed by atoms with Crippen LogP contribution < -0.4 is 5.73 Å². The minimum Gasteiger partial charge on any atom is -0.375 e. The molecule has 2 N–H and O–H groups in total. The van der Waals surface area contributed by atoms with Crippen LogP contribution in [-0.4, -0.2) is 12.1 Å². The van der Waals surface area contributed by atoms with Crippen molar-refractivity contribution in [2.45, 2.75) is 37.8 Å². The van der Waals surface area contributed by atoms with Crippen molar-refractivity contribution in [3.8, 4) is 0 Å². The first-order valence-electron chi connectivity index (χ1n) is 5.79. The molecule has 0 radical (unpaired) electrons. The maximum atomic E-state index is 6.20. The quantitative estimate of drug-likeness (QED) is 0.876. The van der Waals surface area contributed by atoms with Gasteiger partial charge in [-0.1, -0.05) is 36.6 Å². The third kappa shape index (κ3) is 3.21. The van der Waals surface area contributed by atoms with Crippen molar-refractivity contribution in [2.75, 3.05) is 6.61 Å². The van der Waals surface area contributed by atoms with Crippen molar-refractivity contribution in [1.29, 1.82) is 0 Å². The Labute approximate surface area is 102 Å². The van der Waals surface area contributed by atoms with Gasteiger partial charge in [-0.3, -0.25) is 0 Å². The molecule has 3 heteroatoms. The highest BCUT2D eigenvalue weighted by Crippen LogP contribution is 2.27. The number of hydrogen-bond acceptors (Lipinski definition) is 2. The van der Waals surface area contributed by atoms with Gasteiger partial charge in [0.2, 0.25) is 0 Å². The lowest BCUT2D eigenvalue weighted by molar-refractivity contribution is 0.0751. The maximum absolute atomic E-state index is 6.20. The molecule has 0 aromatic heterocycles. The second-order valence-electron chi connectivity index (χ2n) is 4.69. The SMILES string of the molecule is NC1(COCc2cccc(Cl)c2)CCCC1. The maximum Gasteiger partial charge on any atom is 0.0718 e. The van der Waals surface area contributed by atoms with Crippen LogP contribution in [0.15, 0.2) is 24.3 Å². The summed E-state index contributed by atoms with van der Waals surface area (Å²) in [6.07, 6.45) is 4.64. The average molecular weight is 240 g/mol. The lowest BCUT2D eigenvalue weighted by Crippen LogP contribution is -2.41. The Morgan fingerprint density at radius 3 is 2.75 bits per heavy atom. The zero-order valence-electron chi connectivity index (χ0n) is 9.42. The highest BCUT2D eigenvalue weighted by atomic mass is 35.5. The summed E-state index contributed by atoms with van der Waals surface area (Å²) in [5.41, 5.74) is 7.22. The second kappa shape index (κ2) is 5.17. The summed E-state index contributed by atoms with van der Waals surface area (Å²) in [5, 5.41) is 0.754. The van der Waals surface area contributed by atoms with E-state index in [0.29, 0.717) is 13.2 Å². The van der Waals surface area contributed by atoms with E-state index in [-0.39, 0.29) is 5.54 Å². The summed E-state index contributed by atoms with van der Waals surface area (Å²) in [6, 6.07) is 7.75. The van der Waals surface area contributed by atoms with Crippen LogP contribution in [0.2, 0.25) is 5.02 Å². The zero-order chi connectivity index (χ0) is 11.4. The van der Waals surface area contributed by atoms with Crippen LogP contribution in [0.25, 0.3) is 0 Å². The van der Waals surface area contributed by atoms with Gasteiger partial charge < -0.3 is 10.5 Å². The van der Waals surface area contributed by atoms with Gasteiger partial charge in [-0.05, 0) is 30.5 Å². The standard InChI is InChI=1S/C13H18ClNO/c14-12-5-3-4-11(8-12)9-16-10-13(15)6-1-2-7-13/h3-5,8H,1-2,6-7,9-10,15H2. The van der Waals surface area contributed by atoms with Crippen LogP contribution in [0.5, 0.6) is 0 Å². The van der Waals surface area contributed by atoms with Crippen LogP contribution in [0.1, 0.15) is 31.2 Å². The van der Waals surface area contributed by atoms with E-state index in [1.54, 1.807) is 0 Å². The van der Waals surface area contributed by atoms with E-state index in [1.807, 2.05) is 24.3 Å². The topological polar surface area (TPSA) is 35.2 Å². The van der Waals surface area contributed by atoms with Crippen molar-refractivity contribution in [3.05, 3.63) is 34.9 Å². The molecule has 2 rings (SSSR count). The van der Waals surface area contributed by atoms with Gasteiger partial charge in [0.15, 0.2) is 0 Å². The second-order valence-corrected chi connectivity index (χ2v) is 5.13. The van der Waals surface area contributed by atoms with E-state index < -0.39 is 0 Å². The first kappa shape index (κ1) is 11.9. The van der Waals surface area contributed by atoms with Gasteiger partial charge in [0, 0.05) is 10.6 Å². The monoisotopic (exact) mass is 239 g/mol. The van der Waals surface area contributed by atoms with Crippen molar-refractivity contribution < 1.29 is 4.74 Å². The smallest absolute Gasteiger partial charge is 0.0718 e. The Morgan fingerprint density at radius 2 is 2.06 bits per heavy atom. The van der Waals surface area contributed by atoms with Crippen molar-refractivity contribution in [1.82, 2.24) is 0 Å². The predicted octanol–water partition coefficient (Wildman–Crippen LogP) is 3.13. The summed E-state index contributed by atoms with van der Waals surface area (Å²) in [5.74, 6) is 0. The van der Waals surface area contributed by atoms with Crippen LogP contribution in [0.4, 0.5) is 0 Å². The average Bonchev–Trinajstić information content (AvgIpc) is 2.65. The summed E-state index contributed by atoms with van der Waals surface area (Å²) in [4.78, 5) is 0. The number of ether oxygens (including phenoxy) is 1. The molecular weight excluding hydrogens is 222 g/mol. The van der Waals surface area contributed by atoms with Crippen LogP contribution in [-0.2, 0) is 11.3 Å². The summed E-state index contributed by atoms with van der Waals surface area (Å²) in [7, 11) is 0. The molecule has 0 amide bonds. The molecule has 1 saturated carbocycles. The molecule has 88 valence electrons. The lowest BCUT2D eigenvalue weighted by Gasteiger charge is -2.23. The van der Waals surface area contributed by atoms with Crippen LogP contribution in [0, 0.1) is 0 Å². The van der Waals surface area contributed by atoms with Crippen molar-refractivity contribution in [3.63, 3.8) is 0 Å². The molecule has 1 aromatic carbocycles. The molecule has 0 bridgehead atoms. The molecule has 0 saturated heterocycles. The van der Waals surface area contributed by atoms with E-state index in [2.05, 4.69) is 0 Å².